The van der Waals surface area contributed by atoms with E-state index in [1.54, 1.807) is 7.11 Å². The number of nitrogens with one attached hydrogen (secondary N) is 1. The lowest BCUT2D eigenvalue weighted by molar-refractivity contribution is 0.397. The highest BCUT2D eigenvalue weighted by molar-refractivity contribution is 5.29. The molecule has 2 aromatic rings. The third-order valence-corrected chi connectivity index (χ3v) is 3.66. The van der Waals surface area contributed by atoms with Crippen molar-refractivity contribution in [3.63, 3.8) is 0 Å². The van der Waals surface area contributed by atoms with Gasteiger partial charge in [-0.3, -0.25) is 0 Å². The molecular weight excluding hydrogens is 260 g/mol. The van der Waals surface area contributed by atoms with Crippen molar-refractivity contribution in [3.8, 4) is 5.88 Å². The van der Waals surface area contributed by atoms with E-state index in [-0.39, 0.29) is 0 Å². The molecule has 1 aromatic carbocycles. The smallest absolute Gasteiger partial charge is 0.212 e. The fourth-order valence-corrected chi connectivity index (χ4v) is 2.68. The standard InChI is InChI=1S/C18H24N2O/c1-13-7-14(2)9-16(8-13)11-17(19-3)10-15-5-6-18(21-4)20-12-15/h5-9,12,17,19H,10-11H2,1-4H3. The van der Waals surface area contributed by atoms with Gasteiger partial charge in [-0.05, 0) is 44.9 Å². The normalized spacial score (nSPS) is 12.2. The monoisotopic (exact) mass is 284 g/mol. The van der Waals surface area contributed by atoms with Crippen LogP contribution in [0.3, 0.4) is 0 Å². The van der Waals surface area contributed by atoms with Gasteiger partial charge in [0.25, 0.3) is 0 Å². The van der Waals surface area contributed by atoms with Gasteiger partial charge in [-0.25, -0.2) is 4.98 Å². The van der Waals surface area contributed by atoms with Gasteiger partial charge < -0.3 is 10.1 Å². The largest absolute Gasteiger partial charge is 0.481 e. The van der Waals surface area contributed by atoms with Crippen molar-refractivity contribution < 1.29 is 4.74 Å². The molecule has 2 rings (SSSR count). The first kappa shape index (κ1) is 15.5. The Kier molecular flexibility index (Phi) is 5.34. The number of nitrogens with zero attached hydrogens (tertiary/aromatic N) is 1. The van der Waals surface area contributed by atoms with Gasteiger partial charge in [-0.15, -0.1) is 0 Å². The molecule has 1 aromatic heterocycles. The van der Waals surface area contributed by atoms with Gasteiger partial charge in [0.2, 0.25) is 5.88 Å². The van der Waals surface area contributed by atoms with Crippen LogP contribution in [0.25, 0.3) is 0 Å². The highest BCUT2D eigenvalue weighted by Gasteiger charge is 2.09. The minimum absolute atomic E-state index is 0.404. The number of pyridine rings is 1. The highest BCUT2D eigenvalue weighted by Crippen LogP contribution is 2.14. The lowest BCUT2D eigenvalue weighted by atomic mass is 9.97. The van der Waals surface area contributed by atoms with Crippen LogP contribution in [0.4, 0.5) is 0 Å². The minimum Gasteiger partial charge on any atom is -0.481 e. The number of methoxy groups -OCH3 is 1. The number of ether oxygens (including phenoxy) is 1. The average Bonchev–Trinajstić information content (AvgIpc) is 2.46. The summed E-state index contributed by atoms with van der Waals surface area (Å²) >= 11 is 0. The molecule has 0 bridgehead atoms. The fraction of sp³-hybridized carbons (Fsp3) is 0.389. The summed E-state index contributed by atoms with van der Waals surface area (Å²) in [6.07, 6.45) is 3.87. The molecule has 1 N–H and O–H groups in total. The summed E-state index contributed by atoms with van der Waals surface area (Å²) in [4.78, 5) is 4.27. The molecule has 112 valence electrons. The van der Waals surface area contributed by atoms with Gasteiger partial charge in [0.15, 0.2) is 0 Å². The zero-order valence-electron chi connectivity index (χ0n) is 13.3. The Morgan fingerprint density at radius 1 is 1.05 bits per heavy atom. The van der Waals surface area contributed by atoms with E-state index < -0.39 is 0 Å². The predicted octanol–water partition coefficient (Wildman–Crippen LogP) is 3.08. The molecule has 0 spiro atoms. The van der Waals surface area contributed by atoms with E-state index in [4.69, 9.17) is 4.74 Å². The maximum Gasteiger partial charge on any atom is 0.212 e. The van der Waals surface area contributed by atoms with Gasteiger partial charge >= 0.3 is 0 Å². The number of rotatable bonds is 6. The summed E-state index contributed by atoms with van der Waals surface area (Å²) in [5, 5.41) is 3.41. The van der Waals surface area contributed by atoms with Crippen LogP contribution in [0.5, 0.6) is 5.88 Å². The zero-order valence-corrected chi connectivity index (χ0v) is 13.3. The first-order chi connectivity index (χ1) is 10.1. The Hall–Kier alpha value is -1.87. The van der Waals surface area contributed by atoms with Gasteiger partial charge in [0.1, 0.15) is 0 Å². The van der Waals surface area contributed by atoms with Crippen LogP contribution in [0.1, 0.15) is 22.3 Å². The number of hydrogen-bond acceptors (Lipinski definition) is 3. The molecule has 0 aliphatic heterocycles. The lowest BCUT2D eigenvalue weighted by Crippen LogP contribution is -2.30. The fourth-order valence-electron chi connectivity index (χ4n) is 2.68. The van der Waals surface area contributed by atoms with Crippen molar-refractivity contribution in [1.82, 2.24) is 10.3 Å². The molecule has 3 heteroatoms. The molecule has 3 nitrogen and oxygen atoms in total. The molecule has 0 amide bonds. The van der Waals surface area contributed by atoms with E-state index in [1.807, 2.05) is 19.3 Å². The van der Waals surface area contributed by atoms with Crippen molar-refractivity contribution in [2.24, 2.45) is 0 Å². The second-order valence-corrected chi connectivity index (χ2v) is 5.60. The molecule has 0 radical (unpaired) electrons. The molecule has 1 heterocycles. The first-order valence-corrected chi connectivity index (χ1v) is 7.34. The van der Waals surface area contributed by atoms with Gasteiger partial charge in [0.05, 0.1) is 7.11 Å². The molecule has 0 aliphatic rings. The molecule has 0 saturated carbocycles. The highest BCUT2D eigenvalue weighted by atomic mass is 16.5. The van der Waals surface area contributed by atoms with Crippen LogP contribution in [-0.4, -0.2) is 25.2 Å². The summed E-state index contributed by atoms with van der Waals surface area (Å²) in [5.41, 5.74) is 5.25. The van der Waals surface area contributed by atoms with Crippen molar-refractivity contribution in [2.75, 3.05) is 14.2 Å². The number of aromatic nitrogens is 1. The Morgan fingerprint density at radius 3 is 2.24 bits per heavy atom. The molecule has 1 unspecified atom stereocenters. The maximum absolute atomic E-state index is 5.10. The third-order valence-electron chi connectivity index (χ3n) is 3.66. The topological polar surface area (TPSA) is 34.1 Å². The Morgan fingerprint density at radius 2 is 1.71 bits per heavy atom. The summed E-state index contributed by atoms with van der Waals surface area (Å²) in [5.74, 6) is 0.661. The summed E-state index contributed by atoms with van der Waals surface area (Å²) in [6, 6.07) is 11.1. The van der Waals surface area contributed by atoms with Crippen LogP contribution >= 0.6 is 0 Å². The molecular formula is C18H24N2O. The van der Waals surface area contributed by atoms with Crippen LogP contribution in [0.15, 0.2) is 36.5 Å². The second-order valence-electron chi connectivity index (χ2n) is 5.60. The van der Waals surface area contributed by atoms with Crippen LogP contribution in [0.2, 0.25) is 0 Å². The van der Waals surface area contributed by atoms with Gasteiger partial charge in [-0.1, -0.05) is 35.4 Å². The number of aryl methyl sites for hydroxylation is 2. The van der Waals surface area contributed by atoms with E-state index in [0.29, 0.717) is 11.9 Å². The summed E-state index contributed by atoms with van der Waals surface area (Å²) < 4.78 is 5.10. The predicted molar refractivity (Wildman–Crippen MR) is 87.0 cm³/mol. The molecule has 1 atom stereocenters. The second kappa shape index (κ2) is 7.23. The number of benzene rings is 1. The summed E-state index contributed by atoms with van der Waals surface area (Å²) in [6.45, 7) is 4.30. The van der Waals surface area contributed by atoms with Crippen molar-refractivity contribution >= 4 is 0 Å². The van der Waals surface area contributed by atoms with E-state index >= 15 is 0 Å². The number of hydrogen-bond donors (Lipinski definition) is 1. The molecule has 0 fully saturated rings. The van der Waals surface area contributed by atoms with E-state index in [2.05, 4.69) is 48.4 Å². The van der Waals surface area contributed by atoms with Gasteiger partial charge in [-0.2, -0.15) is 0 Å². The van der Waals surface area contributed by atoms with Crippen LogP contribution in [-0.2, 0) is 12.8 Å². The van der Waals surface area contributed by atoms with Crippen LogP contribution < -0.4 is 10.1 Å². The summed E-state index contributed by atoms with van der Waals surface area (Å²) in [7, 11) is 3.66. The third kappa shape index (κ3) is 4.57. The maximum atomic E-state index is 5.10. The zero-order chi connectivity index (χ0) is 15.2. The average molecular weight is 284 g/mol. The Bertz CT molecular complexity index is 558. The lowest BCUT2D eigenvalue weighted by Gasteiger charge is -2.17. The van der Waals surface area contributed by atoms with E-state index in [1.165, 1.54) is 22.3 Å². The van der Waals surface area contributed by atoms with Crippen molar-refractivity contribution in [1.29, 1.82) is 0 Å². The van der Waals surface area contributed by atoms with Crippen LogP contribution in [0, 0.1) is 13.8 Å². The quantitative estimate of drug-likeness (QED) is 0.885. The van der Waals surface area contributed by atoms with Crippen molar-refractivity contribution in [3.05, 3.63) is 58.8 Å². The minimum atomic E-state index is 0.404. The van der Waals surface area contributed by atoms with E-state index in [0.717, 1.165) is 12.8 Å². The molecule has 21 heavy (non-hydrogen) atoms. The Balaban J connectivity index is 2.05. The Labute approximate surface area is 127 Å². The number of likely N-dealkylation sites (N-methyl/N-ethyl adjacent to an activating group) is 1. The molecule has 0 aliphatic carbocycles. The van der Waals surface area contributed by atoms with E-state index in [9.17, 15) is 0 Å². The van der Waals surface area contributed by atoms with Gasteiger partial charge in [0, 0.05) is 18.3 Å². The first-order valence-electron chi connectivity index (χ1n) is 7.34. The van der Waals surface area contributed by atoms with Crippen molar-refractivity contribution in [2.45, 2.75) is 32.7 Å². The molecule has 0 saturated heterocycles. The SMILES string of the molecule is CNC(Cc1ccc(OC)nc1)Cc1cc(C)cc(C)c1.